The van der Waals surface area contributed by atoms with E-state index in [2.05, 4.69) is 25.5 Å². The van der Waals surface area contributed by atoms with Crippen LogP contribution < -0.4 is 5.32 Å². The molecule has 6 heteroatoms. The van der Waals surface area contributed by atoms with E-state index in [0.29, 0.717) is 18.1 Å². The van der Waals surface area contributed by atoms with Crippen molar-refractivity contribution in [2.75, 3.05) is 0 Å². The van der Waals surface area contributed by atoms with Crippen molar-refractivity contribution in [2.45, 2.75) is 13.5 Å². The minimum absolute atomic E-state index is 0.162. The summed E-state index contributed by atoms with van der Waals surface area (Å²) in [5.41, 5.74) is 2.66. The van der Waals surface area contributed by atoms with Gasteiger partial charge in [-0.2, -0.15) is 5.10 Å². The number of carbonyl (C=O) groups excluding carboxylic acids is 1. The molecule has 96 valence electrons. The number of aromatic amines is 2. The van der Waals surface area contributed by atoms with E-state index in [1.165, 1.54) is 6.33 Å². The van der Waals surface area contributed by atoms with E-state index in [0.717, 1.165) is 16.5 Å². The predicted octanol–water partition coefficient (Wildman–Crippen LogP) is 1.52. The minimum Gasteiger partial charge on any atom is -0.351 e. The fraction of sp³-hybridized carbons (Fsp3) is 0.154. The van der Waals surface area contributed by atoms with Crippen LogP contribution in [0.1, 0.15) is 21.9 Å². The van der Waals surface area contributed by atoms with Gasteiger partial charge in [0.05, 0.1) is 6.54 Å². The van der Waals surface area contributed by atoms with Crippen LogP contribution >= 0.6 is 0 Å². The van der Waals surface area contributed by atoms with Gasteiger partial charge in [0.25, 0.3) is 5.91 Å². The van der Waals surface area contributed by atoms with Crippen molar-refractivity contribution in [3.05, 3.63) is 47.7 Å². The normalized spacial score (nSPS) is 10.8. The summed E-state index contributed by atoms with van der Waals surface area (Å²) in [6.07, 6.45) is 1.41. The first-order chi connectivity index (χ1) is 9.22. The van der Waals surface area contributed by atoms with Crippen LogP contribution in [0.25, 0.3) is 10.9 Å². The van der Waals surface area contributed by atoms with Gasteiger partial charge in [0, 0.05) is 10.9 Å². The van der Waals surface area contributed by atoms with Crippen LogP contribution in [-0.2, 0) is 6.54 Å². The number of rotatable bonds is 3. The maximum atomic E-state index is 12.0. The fourth-order valence-electron chi connectivity index (χ4n) is 1.94. The van der Waals surface area contributed by atoms with Crippen molar-refractivity contribution in [1.29, 1.82) is 0 Å². The molecule has 0 saturated carbocycles. The van der Waals surface area contributed by atoms with Gasteiger partial charge in [-0.05, 0) is 24.6 Å². The van der Waals surface area contributed by atoms with Gasteiger partial charge in [-0.3, -0.25) is 9.89 Å². The number of carbonyl (C=O) groups is 1. The smallest absolute Gasteiger partial charge is 0.268 e. The summed E-state index contributed by atoms with van der Waals surface area (Å²) in [4.78, 5) is 19.0. The number of aromatic nitrogens is 4. The molecule has 0 radical (unpaired) electrons. The zero-order chi connectivity index (χ0) is 13.2. The summed E-state index contributed by atoms with van der Waals surface area (Å²) in [6, 6.07) is 7.87. The number of hydrogen-bond acceptors (Lipinski definition) is 3. The van der Waals surface area contributed by atoms with Gasteiger partial charge in [-0.1, -0.05) is 12.1 Å². The number of H-pyrrole nitrogens is 2. The summed E-state index contributed by atoms with van der Waals surface area (Å²) >= 11 is 0. The van der Waals surface area contributed by atoms with E-state index in [-0.39, 0.29) is 5.91 Å². The lowest BCUT2D eigenvalue weighted by Crippen LogP contribution is -2.23. The van der Waals surface area contributed by atoms with Gasteiger partial charge in [0.1, 0.15) is 17.8 Å². The highest BCUT2D eigenvalue weighted by Gasteiger charge is 2.09. The molecule has 6 nitrogen and oxygen atoms in total. The summed E-state index contributed by atoms with van der Waals surface area (Å²) in [6.45, 7) is 2.34. The highest BCUT2D eigenvalue weighted by molar-refractivity contribution is 5.98. The Morgan fingerprint density at radius 3 is 3.05 bits per heavy atom. The van der Waals surface area contributed by atoms with Crippen molar-refractivity contribution >= 4 is 16.8 Å². The number of hydrogen-bond donors (Lipinski definition) is 3. The topological polar surface area (TPSA) is 86.5 Å². The number of fused-ring (bicyclic) bond motifs is 1. The summed E-state index contributed by atoms with van der Waals surface area (Å²) in [5.74, 6) is 0.463. The quantitative estimate of drug-likeness (QED) is 0.663. The van der Waals surface area contributed by atoms with Gasteiger partial charge in [-0.15, -0.1) is 0 Å². The Labute approximate surface area is 109 Å². The van der Waals surface area contributed by atoms with Gasteiger partial charge < -0.3 is 10.3 Å². The fourth-order valence-corrected chi connectivity index (χ4v) is 1.94. The second-order valence-electron chi connectivity index (χ2n) is 4.39. The second-order valence-corrected chi connectivity index (χ2v) is 4.39. The van der Waals surface area contributed by atoms with Crippen LogP contribution in [0.2, 0.25) is 0 Å². The van der Waals surface area contributed by atoms with Crippen LogP contribution in [0.3, 0.4) is 0 Å². The first-order valence-corrected chi connectivity index (χ1v) is 5.94. The first kappa shape index (κ1) is 11.5. The summed E-state index contributed by atoms with van der Waals surface area (Å²) in [7, 11) is 0. The SMILES string of the molecule is Cc1ccc2cc(C(=O)NCc3ncn[nH]3)[nH]c2c1. The Morgan fingerprint density at radius 2 is 2.26 bits per heavy atom. The average Bonchev–Trinajstić information content (AvgIpc) is 3.04. The third-order valence-electron chi connectivity index (χ3n) is 2.90. The van der Waals surface area contributed by atoms with Crippen LogP contribution in [0.15, 0.2) is 30.6 Å². The van der Waals surface area contributed by atoms with Crippen LogP contribution in [-0.4, -0.2) is 26.1 Å². The Balaban J connectivity index is 1.77. The molecule has 1 amide bonds. The van der Waals surface area contributed by atoms with Gasteiger partial charge in [0.2, 0.25) is 0 Å². The molecule has 1 aromatic carbocycles. The molecule has 19 heavy (non-hydrogen) atoms. The molecule has 0 bridgehead atoms. The third kappa shape index (κ3) is 2.33. The highest BCUT2D eigenvalue weighted by Crippen LogP contribution is 2.16. The van der Waals surface area contributed by atoms with Crippen LogP contribution in [0.5, 0.6) is 0 Å². The maximum absolute atomic E-state index is 12.0. The number of aryl methyl sites for hydroxylation is 1. The third-order valence-corrected chi connectivity index (χ3v) is 2.90. The molecule has 3 aromatic rings. The minimum atomic E-state index is -0.162. The highest BCUT2D eigenvalue weighted by atomic mass is 16.1. The van der Waals surface area contributed by atoms with Crippen molar-refractivity contribution in [3.8, 4) is 0 Å². The van der Waals surface area contributed by atoms with Crippen molar-refractivity contribution in [2.24, 2.45) is 0 Å². The molecule has 0 aliphatic heterocycles. The van der Waals surface area contributed by atoms with Gasteiger partial charge in [0.15, 0.2) is 0 Å². The summed E-state index contributed by atoms with van der Waals surface area (Å²) in [5, 5.41) is 10.2. The Bertz CT molecular complexity index is 714. The van der Waals surface area contributed by atoms with Crippen LogP contribution in [0.4, 0.5) is 0 Å². The molecule has 2 aromatic heterocycles. The molecule has 0 spiro atoms. The van der Waals surface area contributed by atoms with E-state index in [1.807, 2.05) is 31.2 Å². The monoisotopic (exact) mass is 255 g/mol. The standard InChI is InChI=1S/C13H13N5O/c1-8-2-3-9-5-11(17-10(9)4-8)13(19)14-6-12-15-7-16-18-12/h2-5,7,17H,6H2,1H3,(H,14,19)(H,15,16,18). The lowest BCUT2D eigenvalue weighted by molar-refractivity contribution is 0.0946. The molecule has 0 atom stereocenters. The summed E-state index contributed by atoms with van der Waals surface area (Å²) < 4.78 is 0. The maximum Gasteiger partial charge on any atom is 0.268 e. The van der Waals surface area contributed by atoms with Crippen molar-refractivity contribution in [1.82, 2.24) is 25.5 Å². The lowest BCUT2D eigenvalue weighted by atomic mass is 10.2. The number of amides is 1. The van der Waals surface area contributed by atoms with E-state index < -0.39 is 0 Å². The predicted molar refractivity (Wildman–Crippen MR) is 70.6 cm³/mol. The molecule has 0 aliphatic carbocycles. The number of nitrogens with one attached hydrogen (secondary N) is 3. The molecular weight excluding hydrogens is 242 g/mol. The van der Waals surface area contributed by atoms with Gasteiger partial charge in [-0.25, -0.2) is 4.98 Å². The average molecular weight is 255 g/mol. The number of nitrogens with zero attached hydrogens (tertiary/aromatic N) is 2. The lowest BCUT2D eigenvalue weighted by Gasteiger charge is -1.99. The largest absolute Gasteiger partial charge is 0.351 e. The molecule has 0 aliphatic rings. The molecular formula is C13H13N5O. The number of benzene rings is 1. The van der Waals surface area contributed by atoms with E-state index in [1.54, 1.807) is 0 Å². The molecule has 3 N–H and O–H groups in total. The van der Waals surface area contributed by atoms with E-state index in [9.17, 15) is 4.79 Å². The second kappa shape index (κ2) is 4.56. The molecule has 2 heterocycles. The van der Waals surface area contributed by atoms with Crippen molar-refractivity contribution in [3.63, 3.8) is 0 Å². The van der Waals surface area contributed by atoms with Crippen molar-refractivity contribution < 1.29 is 4.79 Å². The molecule has 0 unspecified atom stereocenters. The van der Waals surface area contributed by atoms with Crippen LogP contribution in [0, 0.1) is 6.92 Å². The molecule has 3 rings (SSSR count). The Kier molecular flexibility index (Phi) is 2.75. The Morgan fingerprint density at radius 1 is 1.37 bits per heavy atom. The van der Waals surface area contributed by atoms with E-state index in [4.69, 9.17) is 0 Å². The van der Waals surface area contributed by atoms with Gasteiger partial charge >= 0.3 is 0 Å². The molecule has 0 fully saturated rings. The molecule has 0 saturated heterocycles. The zero-order valence-corrected chi connectivity index (χ0v) is 10.4. The zero-order valence-electron chi connectivity index (χ0n) is 10.4. The Hall–Kier alpha value is -2.63. The first-order valence-electron chi connectivity index (χ1n) is 5.94. The van der Waals surface area contributed by atoms with E-state index >= 15 is 0 Å².